The van der Waals surface area contributed by atoms with E-state index in [1.165, 1.54) is 0 Å². The smallest absolute Gasteiger partial charge is 0.261 e. The molecule has 2 aromatic carbocycles. The number of hydrogen-bond acceptors (Lipinski definition) is 11. The van der Waals surface area contributed by atoms with Crippen molar-refractivity contribution in [2.45, 2.75) is 6.54 Å². The normalized spacial score (nSPS) is 13.1. The van der Waals surface area contributed by atoms with Gasteiger partial charge in [-0.05, 0) is 20.2 Å². The number of aromatic nitrogens is 4. The lowest BCUT2D eigenvalue weighted by molar-refractivity contribution is -0.112. The van der Waals surface area contributed by atoms with Crippen molar-refractivity contribution in [3.05, 3.63) is 78.6 Å². The minimum absolute atomic E-state index is 0.199. The van der Waals surface area contributed by atoms with Crippen LogP contribution in [0.4, 0.5) is 17.3 Å². The summed E-state index contributed by atoms with van der Waals surface area (Å²) in [6, 6.07) is 15.5. The van der Waals surface area contributed by atoms with E-state index in [0.29, 0.717) is 61.3 Å². The summed E-state index contributed by atoms with van der Waals surface area (Å²) in [6.07, 6.45) is 4.37. The predicted octanol–water partition coefficient (Wildman–Crippen LogP) is 2.98. The van der Waals surface area contributed by atoms with E-state index in [1.54, 1.807) is 30.1 Å². The van der Waals surface area contributed by atoms with Crippen molar-refractivity contribution < 1.29 is 27.2 Å². The molecular formula is C31H38N8O6S. The summed E-state index contributed by atoms with van der Waals surface area (Å²) in [4.78, 5) is 25.5. The van der Waals surface area contributed by atoms with E-state index in [4.69, 9.17) is 29.8 Å². The maximum atomic E-state index is 12.1. The molecular weight excluding hydrogens is 612 g/mol. The van der Waals surface area contributed by atoms with Gasteiger partial charge in [0.1, 0.15) is 5.75 Å². The molecule has 4 N–H and O–H groups in total. The SMILES string of the molecule is C=C(C(N)=O)c1cc(Nc2nccc(-n3cc(CN(C)C)c(-c4ccccc4)n3)n2)c(OC)cc1N1CCOCC1.CS(=O)(=O)O. The molecule has 15 heteroatoms. The van der Waals surface area contributed by atoms with Gasteiger partial charge in [0.05, 0.1) is 38.0 Å². The topological polar surface area (TPSA) is 178 Å². The quantitative estimate of drug-likeness (QED) is 0.169. The summed E-state index contributed by atoms with van der Waals surface area (Å²) in [7, 11) is 1.97. The summed E-state index contributed by atoms with van der Waals surface area (Å²) in [6.45, 7) is 7.18. The Morgan fingerprint density at radius 1 is 1.17 bits per heavy atom. The highest BCUT2D eigenvalue weighted by atomic mass is 32.2. The first-order chi connectivity index (χ1) is 21.8. The van der Waals surface area contributed by atoms with Crippen LogP contribution in [-0.2, 0) is 26.2 Å². The number of carbonyl (C=O) groups excluding carboxylic acids is 1. The Labute approximate surface area is 268 Å². The summed E-state index contributed by atoms with van der Waals surface area (Å²) >= 11 is 0. The maximum Gasteiger partial charge on any atom is 0.261 e. The second-order valence-electron chi connectivity index (χ2n) is 10.7. The molecule has 1 amide bonds. The van der Waals surface area contributed by atoms with Gasteiger partial charge in [0.25, 0.3) is 10.1 Å². The molecule has 1 fully saturated rings. The molecule has 14 nitrogen and oxygen atoms in total. The Hall–Kier alpha value is -4.83. The van der Waals surface area contributed by atoms with E-state index < -0.39 is 16.0 Å². The lowest BCUT2D eigenvalue weighted by Crippen LogP contribution is -2.37. The number of nitrogens with one attached hydrogen (secondary N) is 1. The number of hydrogen-bond donors (Lipinski definition) is 3. The standard InChI is InChI=1S/C30H34N8O3.CH4O3S/c1-20(29(31)39)23-16-24(26(40-4)17-25(23)37-12-14-41-15-13-37)33-30-32-11-10-27(34-30)38-19-22(18-36(2)3)28(35-38)21-8-6-5-7-9-21;1-5(2,3)4/h5-11,16-17,19H,1,12-15,18H2,2-4H3,(H2,31,39)(H,32,33,34);1H3,(H,2,3,4). The van der Waals surface area contributed by atoms with Crippen LogP contribution in [0.5, 0.6) is 5.75 Å². The Morgan fingerprint density at radius 3 is 2.46 bits per heavy atom. The van der Waals surface area contributed by atoms with Gasteiger partial charge in [-0.2, -0.15) is 18.5 Å². The predicted molar refractivity (Wildman–Crippen MR) is 177 cm³/mol. The van der Waals surface area contributed by atoms with Gasteiger partial charge in [-0.3, -0.25) is 9.35 Å². The molecule has 244 valence electrons. The van der Waals surface area contributed by atoms with Gasteiger partial charge in [0, 0.05) is 72.1 Å². The molecule has 3 heterocycles. The van der Waals surface area contributed by atoms with Gasteiger partial charge in [0.2, 0.25) is 11.9 Å². The zero-order valence-corrected chi connectivity index (χ0v) is 27.0. The van der Waals surface area contributed by atoms with E-state index in [9.17, 15) is 13.2 Å². The number of amides is 1. The van der Waals surface area contributed by atoms with Crippen molar-refractivity contribution in [2.24, 2.45) is 5.73 Å². The van der Waals surface area contributed by atoms with Crippen molar-refractivity contribution in [1.82, 2.24) is 24.6 Å². The first kappa shape index (κ1) is 34.1. The molecule has 1 saturated heterocycles. The van der Waals surface area contributed by atoms with E-state index >= 15 is 0 Å². The monoisotopic (exact) mass is 650 g/mol. The van der Waals surface area contributed by atoms with E-state index in [0.717, 1.165) is 29.1 Å². The highest BCUT2D eigenvalue weighted by Gasteiger charge is 2.22. The highest BCUT2D eigenvalue weighted by molar-refractivity contribution is 7.85. The first-order valence-corrected chi connectivity index (χ1v) is 16.0. The number of ether oxygens (including phenoxy) is 2. The number of methoxy groups -OCH3 is 1. The van der Waals surface area contributed by atoms with Crippen molar-refractivity contribution in [2.75, 3.05) is 64.0 Å². The summed E-state index contributed by atoms with van der Waals surface area (Å²) in [5.74, 6) is 0.882. The average Bonchev–Trinajstić information content (AvgIpc) is 3.44. The second kappa shape index (κ2) is 15.0. The summed E-state index contributed by atoms with van der Waals surface area (Å²) < 4.78 is 38.8. The number of morpholine rings is 1. The van der Waals surface area contributed by atoms with Crippen molar-refractivity contribution >= 4 is 38.9 Å². The van der Waals surface area contributed by atoms with Crippen LogP contribution >= 0.6 is 0 Å². The van der Waals surface area contributed by atoms with Crippen molar-refractivity contribution in [3.63, 3.8) is 0 Å². The van der Waals surface area contributed by atoms with E-state index in [-0.39, 0.29) is 5.57 Å². The van der Waals surface area contributed by atoms with Crippen LogP contribution in [0.25, 0.3) is 22.6 Å². The third-order valence-electron chi connectivity index (χ3n) is 6.74. The van der Waals surface area contributed by atoms with E-state index in [2.05, 4.69) is 26.7 Å². The van der Waals surface area contributed by atoms with Gasteiger partial charge < -0.3 is 30.3 Å². The average molecular weight is 651 g/mol. The number of rotatable bonds is 10. The zero-order chi connectivity index (χ0) is 33.4. The summed E-state index contributed by atoms with van der Waals surface area (Å²) in [5, 5.41) is 8.12. The van der Waals surface area contributed by atoms with Crippen LogP contribution < -0.4 is 20.7 Å². The number of benzene rings is 2. The Kier molecular flexibility index (Phi) is 11.1. The lowest BCUT2D eigenvalue weighted by Gasteiger charge is -2.31. The molecule has 0 atom stereocenters. The summed E-state index contributed by atoms with van der Waals surface area (Å²) in [5.41, 5.74) is 10.8. The van der Waals surface area contributed by atoms with Gasteiger partial charge in [-0.15, -0.1) is 0 Å². The number of carbonyl (C=O) groups is 1. The number of anilines is 3. The molecule has 0 aliphatic carbocycles. The molecule has 1 aliphatic heterocycles. The van der Waals surface area contributed by atoms with Crippen LogP contribution in [0.2, 0.25) is 0 Å². The molecule has 46 heavy (non-hydrogen) atoms. The second-order valence-corrected chi connectivity index (χ2v) is 12.1. The minimum Gasteiger partial charge on any atom is -0.494 e. The largest absolute Gasteiger partial charge is 0.494 e. The molecule has 0 saturated carbocycles. The minimum atomic E-state index is -3.67. The molecule has 0 spiro atoms. The maximum absolute atomic E-state index is 12.1. The lowest BCUT2D eigenvalue weighted by atomic mass is 10.0. The Bertz CT molecular complexity index is 1780. The van der Waals surface area contributed by atoms with Crippen molar-refractivity contribution in [3.8, 4) is 22.8 Å². The van der Waals surface area contributed by atoms with Crippen LogP contribution in [-0.4, -0.2) is 97.3 Å². The number of primary amides is 1. The molecule has 0 unspecified atom stereocenters. The molecule has 1 aliphatic rings. The highest BCUT2D eigenvalue weighted by Crippen LogP contribution is 2.38. The zero-order valence-electron chi connectivity index (χ0n) is 26.2. The van der Waals surface area contributed by atoms with Crippen molar-refractivity contribution in [1.29, 1.82) is 0 Å². The fraction of sp³-hybridized carbons (Fsp3) is 0.290. The molecule has 5 rings (SSSR count). The number of nitrogens with zero attached hydrogens (tertiary/aromatic N) is 6. The molecule has 2 aromatic heterocycles. The molecule has 0 bridgehead atoms. The van der Waals surface area contributed by atoms with Crippen LogP contribution in [0.1, 0.15) is 11.1 Å². The van der Waals surface area contributed by atoms with Crippen LogP contribution in [0.15, 0.2) is 67.5 Å². The van der Waals surface area contributed by atoms with Crippen LogP contribution in [0, 0.1) is 0 Å². The fourth-order valence-electron chi connectivity index (χ4n) is 4.76. The third kappa shape index (κ3) is 9.10. The third-order valence-corrected chi connectivity index (χ3v) is 6.74. The number of nitrogens with two attached hydrogens (primary N) is 1. The fourth-order valence-corrected chi connectivity index (χ4v) is 4.76. The van der Waals surface area contributed by atoms with Gasteiger partial charge in [0.15, 0.2) is 5.82 Å². The molecule has 4 aromatic rings. The van der Waals surface area contributed by atoms with Gasteiger partial charge in [-0.25, -0.2) is 9.67 Å². The Morgan fingerprint density at radius 2 is 1.85 bits per heavy atom. The molecule has 0 radical (unpaired) electrons. The van der Waals surface area contributed by atoms with Gasteiger partial charge in [-0.1, -0.05) is 36.9 Å². The van der Waals surface area contributed by atoms with Gasteiger partial charge >= 0.3 is 0 Å². The van der Waals surface area contributed by atoms with E-state index in [1.807, 2.05) is 56.7 Å². The first-order valence-electron chi connectivity index (χ1n) is 14.2. The Balaban J connectivity index is 0.000000892. The van der Waals surface area contributed by atoms with Crippen LogP contribution in [0.3, 0.4) is 0 Å².